The minimum atomic E-state index is -2.04. The number of carbonyl (C=O) groups is 1. The van der Waals surface area contributed by atoms with Crippen molar-refractivity contribution in [2.24, 2.45) is 0 Å². The Labute approximate surface area is 158 Å². The number of rotatable bonds is 3. The summed E-state index contributed by atoms with van der Waals surface area (Å²) in [6.45, 7) is 2.99. The van der Waals surface area contributed by atoms with Crippen LogP contribution in [0.1, 0.15) is 10.4 Å². The fourth-order valence-corrected chi connectivity index (χ4v) is 3.03. The molecule has 1 aliphatic heterocycles. The van der Waals surface area contributed by atoms with E-state index in [4.69, 9.17) is 11.6 Å². The SMILES string of the molecule is CN1CCN(c2ccc(Cl)cc2NC(=O)c2cc(F)c(F)c(F)c2F)CC1. The lowest BCUT2D eigenvalue weighted by Crippen LogP contribution is -2.44. The highest BCUT2D eigenvalue weighted by molar-refractivity contribution is 6.31. The van der Waals surface area contributed by atoms with Crippen molar-refractivity contribution in [2.75, 3.05) is 43.4 Å². The molecule has 0 spiro atoms. The van der Waals surface area contributed by atoms with Gasteiger partial charge in [0.1, 0.15) is 0 Å². The third kappa shape index (κ3) is 4.01. The monoisotopic (exact) mass is 401 g/mol. The second-order valence-electron chi connectivity index (χ2n) is 6.25. The van der Waals surface area contributed by atoms with Gasteiger partial charge in [-0.05, 0) is 31.3 Å². The third-order valence-corrected chi connectivity index (χ3v) is 4.63. The van der Waals surface area contributed by atoms with Crippen molar-refractivity contribution in [2.45, 2.75) is 0 Å². The molecule has 144 valence electrons. The molecule has 1 aliphatic rings. The lowest BCUT2D eigenvalue weighted by molar-refractivity contribution is 0.102. The number of nitrogens with one attached hydrogen (secondary N) is 1. The Morgan fingerprint density at radius 3 is 2.33 bits per heavy atom. The van der Waals surface area contributed by atoms with Gasteiger partial charge in [-0.2, -0.15) is 0 Å². The minimum absolute atomic E-state index is 0.265. The number of piperazine rings is 1. The molecular weight excluding hydrogens is 386 g/mol. The highest BCUT2D eigenvalue weighted by Gasteiger charge is 2.24. The quantitative estimate of drug-likeness (QED) is 0.481. The molecule has 0 aromatic heterocycles. The predicted molar refractivity (Wildman–Crippen MR) is 95.4 cm³/mol. The summed E-state index contributed by atoms with van der Waals surface area (Å²) in [5.74, 6) is -8.52. The van der Waals surface area contributed by atoms with E-state index in [1.54, 1.807) is 12.1 Å². The van der Waals surface area contributed by atoms with Crippen LogP contribution in [0, 0.1) is 23.3 Å². The zero-order valence-electron chi connectivity index (χ0n) is 14.3. The molecule has 0 saturated carbocycles. The Bertz CT molecular complexity index is 885. The van der Waals surface area contributed by atoms with Gasteiger partial charge in [-0.1, -0.05) is 11.6 Å². The number of nitrogens with zero attached hydrogens (tertiary/aromatic N) is 2. The first-order chi connectivity index (χ1) is 12.8. The molecule has 3 rings (SSSR count). The standard InChI is InChI=1S/C18H16ClF4N3O/c1-25-4-6-26(7-5-25)14-3-2-10(19)8-13(14)24-18(27)11-9-12(20)16(22)17(23)15(11)21/h2-3,8-9H,4-7H2,1H3,(H,24,27). The Balaban J connectivity index is 1.92. The normalized spacial score (nSPS) is 15.1. The van der Waals surface area contributed by atoms with Crippen LogP contribution in [-0.4, -0.2) is 44.0 Å². The summed E-state index contributed by atoms with van der Waals surface area (Å²) in [4.78, 5) is 16.5. The van der Waals surface area contributed by atoms with Gasteiger partial charge in [-0.3, -0.25) is 4.79 Å². The van der Waals surface area contributed by atoms with Crippen LogP contribution in [0.2, 0.25) is 5.02 Å². The number of carbonyl (C=O) groups excluding carboxylic acids is 1. The van der Waals surface area contributed by atoms with Crippen LogP contribution in [0.25, 0.3) is 0 Å². The van der Waals surface area contributed by atoms with Gasteiger partial charge in [0.05, 0.1) is 16.9 Å². The fraction of sp³-hybridized carbons (Fsp3) is 0.278. The van der Waals surface area contributed by atoms with E-state index in [1.807, 2.05) is 11.9 Å². The van der Waals surface area contributed by atoms with E-state index in [-0.39, 0.29) is 5.69 Å². The van der Waals surface area contributed by atoms with Gasteiger partial charge in [0.25, 0.3) is 5.91 Å². The smallest absolute Gasteiger partial charge is 0.258 e. The van der Waals surface area contributed by atoms with Crippen LogP contribution in [0.15, 0.2) is 24.3 Å². The molecule has 9 heteroatoms. The van der Waals surface area contributed by atoms with Crippen LogP contribution in [0.3, 0.4) is 0 Å². The summed E-state index contributed by atoms with van der Waals surface area (Å²) < 4.78 is 53.8. The van der Waals surface area contributed by atoms with E-state index < -0.39 is 34.7 Å². The first kappa shape index (κ1) is 19.4. The molecule has 1 heterocycles. The Morgan fingerprint density at radius 2 is 1.67 bits per heavy atom. The van der Waals surface area contributed by atoms with Gasteiger partial charge in [0.15, 0.2) is 23.3 Å². The zero-order chi connectivity index (χ0) is 19.7. The predicted octanol–water partition coefficient (Wildman–Crippen LogP) is 3.90. The molecule has 2 aromatic rings. The number of hydrogen-bond acceptors (Lipinski definition) is 3. The molecule has 0 bridgehead atoms. The molecule has 0 unspecified atom stereocenters. The number of amides is 1. The van der Waals surface area contributed by atoms with Gasteiger partial charge in [-0.25, -0.2) is 17.6 Å². The average molecular weight is 402 g/mol. The maximum absolute atomic E-state index is 13.9. The topological polar surface area (TPSA) is 35.6 Å². The highest BCUT2D eigenvalue weighted by atomic mass is 35.5. The Hall–Kier alpha value is -2.32. The Kier molecular flexibility index (Phi) is 5.57. The molecule has 27 heavy (non-hydrogen) atoms. The van der Waals surface area contributed by atoms with Crippen LogP contribution in [0.4, 0.5) is 28.9 Å². The lowest BCUT2D eigenvalue weighted by atomic mass is 10.1. The van der Waals surface area contributed by atoms with Crippen molar-refractivity contribution < 1.29 is 22.4 Å². The summed E-state index contributed by atoms with van der Waals surface area (Å²) >= 11 is 5.99. The molecule has 1 amide bonds. The van der Waals surface area contributed by atoms with E-state index in [9.17, 15) is 22.4 Å². The lowest BCUT2D eigenvalue weighted by Gasteiger charge is -2.35. The van der Waals surface area contributed by atoms with Crippen molar-refractivity contribution in [1.82, 2.24) is 4.90 Å². The first-order valence-corrected chi connectivity index (χ1v) is 8.53. The third-order valence-electron chi connectivity index (χ3n) is 4.40. The summed E-state index contributed by atoms with van der Waals surface area (Å²) in [5, 5.41) is 2.74. The second-order valence-corrected chi connectivity index (χ2v) is 6.69. The van der Waals surface area contributed by atoms with Crippen LogP contribution < -0.4 is 10.2 Å². The number of halogens is 5. The summed E-state index contributed by atoms with van der Waals surface area (Å²) in [6.07, 6.45) is 0. The zero-order valence-corrected chi connectivity index (χ0v) is 15.1. The van der Waals surface area contributed by atoms with Crippen molar-refractivity contribution in [1.29, 1.82) is 0 Å². The van der Waals surface area contributed by atoms with E-state index in [0.29, 0.717) is 29.9 Å². The molecule has 0 radical (unpaired) electrons. The molecule has 0 aliphatic carbocycles. The molecule has 1 N–H and O–H groups in total. The fourth-order valence-electron chi connectivity index (χ4n) is 2.86. The summed E-state index contributed by atoms with van der Waals surface area (Å²) in [6, 6.07) is 5.12. The van der Waals surface area contributed by atoms with Crippen molar-refractivity contribution in [3.05, 3.63) is 58.1 Å². The van der Waals surface area contributed by atoms with Crippen LogP contribution in [0.5, 0.6) is 0 Å². The second kappa shape index (κ2) is 7.74. The molecule has 4 nitrogen and oxygen atoms in total. The number of anilines is 2. The van der Waals surface area contributed by atoms with Crippen LogP contribution >= 0.6 is 11.6 Å². The van der Waals surface area contributed by atoms with Gasteiger partial charge in [-0.15, -0.1) is 0 Å². The van der Waals surface area contributed by atoms with Gasteiger partial charge >= 0.3 is 0 Å². The molecular formula is C18H16ClF4N3O. The largest absolute Gasteiger partial charge is 0.367 e. The summed E-state index contributed by atoms with van der Waals surface area (Å²) in [7, 11) is 1.99. The maximum Gasteiger partial charge on any atom is 0.258 e. The van der Waals surface area contributed by atoms with E-state index in [1.165, 1.54) is 6.07 Å². The maximum atomic E-state index is 13.9. The van der Waals surface area contributed by atoms with Crippen molar-refractivity contribution >= 4 is 28.9 Å². The van der Waals surface area contributed by atoms with E-state index in [2.05, 4.69) is 10.2 Å². The minimum Gasteiger partial charge on any atom is -0.367 e. The molecule has 2 aromatic carbocycles. The molecule has 0 atom stereocenters. The average Bonchev–Trinajstić information content (AvgIpc) is 2.64. The van der Waals surface area contributed by atoms with Crippen molar-refractivity contribution in [3.63, 3.8) is 0 Å². The van der Waals surface area contributed by atoms with E-state index in [0.717, 1.165) is 13.1 Å². The van der Waals surface area contributed by atoms with Gasteiger partial charge in [0.2, 0.25) is 0 Å². The number of benzene rings is 2. The Morgan fingerprint density at radius 1 is 1.00 bits per heavy atom. The van der Waals surface area contributed by atoms with Crippen LogP contribution in [-0.2, 0) is 0 Å². The molecule has 1 fully saturated rings. The number of hydrogen-bond donors (Lipinski definition) is 1. The van der Waals surface area contributed by atoms with Gasteiger partial charge in [0, 0.05) is 31.2 Å². The van der Waals surface area contributed by atoms with E-state index >= 15 is 0 Å². The summed E-state index contributed by atoms with van der Waals surface area (Å²) in [5.41, 5.74) is -0.0263. The first-order valence-electron chi connectivity index (χ1n) is 8.15. The highest BCUT2D eigenvalue weighted by Crippen LogP contribution is 2.31. The van der Waals surface area contributed by atoms with Crippen molar-refractivity contribution in [3.8, 4) is 0 Å². The number of likely N-dealkylation sites (N-methyl/N-ethyl adjacent to an activating group) is 1. The molecule has 1 saturated heterocycles. The van der Waals surface area contributed by atoms with Gasteiger partial charge < -0.3 is 15.1 Å².